The maximum Gasteiger partial charge on any atom is 0.244 e. The van der Waals surface area contributed by atoms with Gasteiger partial charge >= 0.3 is 0 Å². The van der Waals surface area contributed by atoms with E-state index in [2.05, 4.69) is 5.32 Å². The predicted molar refractivity (Wildman–Crippen MR) is 114 cm³/mol. The summed E-state index contributed by atoms with van der Waals surface area (Å²) in [5, 5.41) is 2.87. The van der Waals surface area contributed by atoms with Gasteiger partial charge in [-0.05, 0) is 43.2 Å². The maximum atomic E-state index is 12.9. The Morgan fingerprint density at radius 3 is 1.97 bits per heavy atom. The zero-order chi connectivity index (χ0) is 21.8. The zero-order valence-corrected chi connectivity index (χ0v) is 18.5. The van der Waals surface area contributed by atoms with Gasteiger partial charge in [-0.1, -0.05) is 37.3 Å². The molecule has 7 nitrogen and oxygen atoms in total. The number of sulfonamides is 1. The van der Waals surface area contributed by atoms with Crippen molar-refractivity contribution in [2.75, 3.05) is 16.8 Å². The molecule has 0 spiro atoms. The highest BCUT2D eigenvalue weighted by Gasteiger charge is 2.30. The monoisotopic (exact) mass is 438 g/mol. The molecule has 0 unspecified atom stereocenters. The molecule has 0 heterocycles. The Bertz CT molecular complexity index is 1050. The number of anilines is 1. The fraction of sp³-hybridized carbons (Fsp3) is 0.350. The summed E-state index contributed by atoms with van der Waals surface area (Å²) in [5.74, 6) is -0.446. The number of amides is 1. The van der Waals surface area contributed by atoms with Gasteiger partial charge in [-0.3, -0.25) is 9.10 Å². The Balaban J connectivity index is 2.25. The lowest BCUT2D eigenvalue weighted by Gasteiger charge is -2.29. The number of benzene rings is 2. The molecular weight excluding hydrogens is 412 g/mol. The minimum absolute atomic E-state index is 0.197. The van der Waals surface area contributed by atoms with E-state index in [9.17, 15) is 21.6 Å². The number of rotatable bonds is 8. The van der Waals surface area contributed by atoms with E-state index in [1.807, 2.05) is 6.92 Å². The first-order valence-corrected chi connectivity index (χ1v) is 12.8. The Hall–Kier alpha value is -2.39. The van der Waals surface area contributed by atoms with Gasteiger partial charge in [0.2, 0.25) is 15.9 Å². The summed E-state index contributed by atoms with van der Waals surface area (Å²) in [4.78, 5) is 13.1. The predicted octanol–water partition coefficient (Wildman–Crippen LogP) is 2.51. The molecular formula is C20H26N2O5S2. The lowest BCUT2D eigenvalue weighted by molar-refractivity contribution is -0.122. The van der Waals surface area contributed by atoms with E-state index in [4.69, 9.17) is 0 Å². The molecule has 0 aliphatic carbocycles. The maximum absolute atomic E-state index is 12.9. The van der Waals surface area contributed by atoms with Crippen LogP contribution in [-0.2, 0) is 24.7 Å². The number of sulfone groups is 1. The van der Waals surface area contributed by atoms with Crippen molar-refractivity contribution in [1.82, 2.24) is 5.32 Å². The van der Waals surface area contributed by atoms with E-state index in [0.29, 0.717) is 12.1 Å². The van der Waals surface area contributed by atoms with Gasteiger partial charge in [0, 0.05) is 6.26 Å². The van der Waals surface area contributed by atoms with Crippen LogP contribution in [0.4, 0.5) is 5.69 Å². The molecule has 29 heavy (non-hydrogen) atoms. The molecule has 1 N–H and O–H groups in total. The molecule has 9 heteroatoms. The molecule has 1 amide bonds. The normalized spacial score (nSPS) is 14.1. The first-order chi connectivity index (χ1) is 13.4. The first-order valence-electron chi connectivity index (χ1n) is 9.10. The van der Waals surface area contributed by atoms with Crippen molar-refractivity contribution in [1.29, 1.82) is 0 Å². The van der Waals surface area contributed by atoms with E-state index in [0.717, 1.165) is 22.4 Å². The molecule has 0 saturated carbocycles. The topological polar surface area (TPSA) is 101 Å². The standard InChI is InChI=1S/C20H26N2O5S2/c1-5-19(16-11-13-18(14-12-16)28(3,24)25)21-20(23)15(2)22(29(4,26)27)17-9-7-6-8-10-17/h6-15,19H,5H2,1-4H3,(H,21,23)/t15-,19+/m0/s1. The van der Waals surface area contributed by atoms with E-state index >= 15 is 0 Å². The van der Waals surface area contributed by atoms with Gasteiger partial charge in [0.1, 0.15) is 6.04 Å². The second-order valence-corrected chi connectivity index (χ2v) is 10.8. The van der Waals surface area contributed by atoms with Crippen molar-refractivity contribution in [3.63, 3.8) is 0 Å². The highest BCUT2D eigenvalue weighted by atomic mass is 32.2. The average Bonchev–Trinajstić information content (AvgIpc) is 2.65. The van der Waals surface area contributed by atoms with Crippen LogP contribution in [0.2, 0.25) is 0 Å². The van der Waals surface area contributed by atoms with Gasteiger partial charge in [-0.2, -0.15) is 0 Å². The second kappa shape index (κ2) is 8.96. The van der Waals surface area contributed by atoms with Crippen LogP contribution >= 0.6 is 0 Å². The fourth-order valence-electron chi connectivity index (χ4n) is 3.04. The fourth-order valence-corrected chi connectivity index (χ4v) is 4.85. The van der Waals surface area contributed by atoms with Gasteiger partial charge in [0.25, 0.3) is 0 Å². The summed E-state index contributed by atoms with van der Waals surface area (Å²) in [6.45, 7) is 3.41. The lowest BCUT2D eigenvalue weighted by Crippen LogP contribution is -2.48. The van der Waals surface area contributed by atoms with E-state index in [-0.39, 0.29) is 10.9 Å². The van der Waals surface area contributed by atoms with Gasteiger partial charge in [0.15, 0.2) is 9.84 Å². The van der Waals surface area contributed by atoms with Crippen LogP contribution < -0.4 is 9.62 Å². The summed E-state index contributed by atoms with van der Waals surface area (Å²) in [5.41, 5.74) is 1.15. The van der Waals surface area contributed by atoms with Gasteiger partial charge in [-0.25, -0.2) is 16.8 Å². The average molecular weight is 439 g/mol. The minimum atomic E-state index is -3.69. The van der Waals surface area contributed by atoms with Crippen LogP contribution in [-0.4, -0.2) is 41.3 Å². The summed E-state index contributed by atoms with van der Waals surface area (Å²) in [7, 11) is -6.99. The number of hydrogen-bond donors (Lipinski definition) is 1. The molecule has 2 atom stereocenters. The van der Waals surface area contributed by atoms with Crippen molar-refractivity contribution < 1.29 is 21.6 Å². The number of para-hydroxylation sites is 1. The van der Waals surface area contributed by atoms with E-state index < -0.39 is 31.8 Å². The summed E-state index contributed by atoms with van der Waals surface area (Å²) < 4.78 is 49.0. The Morgan fingerprint density at radius 2 is 1.52 bits per heavy atom. The molecule has 0 aromatic heterocycles. The van der Waals surface area contributed by atoms with Gasteiger partial charge in [0.05, 0.1) is 22.9 Å². The molecule has 2 rings (SSSR count). The number of nitrogens with zero attached hydrogens (tertiary/aromatic N) is 1. The molecule has 0 fully saturated rings. The largest absolute Gasteiger partial charge is 0.347 e. The smallest absolute Gasteiger partial charge is 0.244 e. The molecule has 2 aromatic carbocycles. The molecule has 2 aromatic rings. The van der Waals surface area contributed by atoms with Crippen LogP contribution in [0, 0.1) is 0 Å². The second-order valence-electron chi connectivity index (χ2n) is 6.88. The zero-order valence-electron chi connectivity index (χ0n) is 16.9. The van der Waals surface area contributed by atoms with Crippen molar-refractivity contribution >= 4 is 31.5 Å². The van der Waals surface area contributed by atoms with Gasteiger partial charge in [-0.15, -0.1) is 0 Å². The van der Waals surface area contributed by atoms with Crippen LogP contribution in [0.1, 0.15) is 31.9 Å². The highest BCUT2D eigenvalue weighted by molar-refractivity contribution is 7.92. The Morgan fingerprint density at radius 1 is 0.966 bits per heavy atom. The SMILES string of the molecule is CC[C@@H](NC(=O)[C@H](C)N(c1ccccc1)S(C)(=O)=O)c1ccc(S(C)(=O)=O)cc1. The van der Waals surface area contributed by atoms with Crippen molar-refractivity contribution in [3.8, 4) is 0 Å². The highest BCUT2D eigenvalue weighted by Crippen LogP contribution is 2.23. The summed E-state index contributed by atoms with van der Waals surface area (Å²) in [6, 6.07) is 13.4. The summed E-state index contributed by atoms with van der Waals surface area (Å²) >= 11 is 0. The first kappa shape index (κ1) is 22.9. The minimum Gasteiger partial charge on any atom is -0.347 e. The van der Waals surface area contributed by atoms with Crippen LogP contribution in [0.15, 0.2) is 59.5 Å². The van der Waals surface area contributed by atoms with Crippen LogP contribution in [0.25, 0.3) is 0 Å². The Labute approximate surface area is 172 Å². The third-order valence-corrected chi connectivity index (χ3v) is 6.90. The molecule has 0 aliphatic rings. The molecule has 0 bridgehead atoms. The van der Waals surface area contributed by atoms with E-state index in [1.54, 1.807) is 42.5 Å². The van der Waals surface area contributed by atoms with Crippen LogP contribution in [0.3, 0.4) is 0 Å². The van der Waals surface area contributed by atoms with Crippen LogP contribution in [0.5, 0.6) is 0 Å². The lowest BCUT2D eigenvalue weighted by atomic mass is 10.0. The van der Waals surface area contributed by atoms with E-state index in [1.165, 1.54) is 19.1 Å². The number of carbonyl (C=O) groups is 1. The molecule has 0 aliphatic heterocycles. The third kappa shape index (κ3) is 5.80. The molecule has 0 radical (unpaired) electrons. The third-order valence-electron chi connectivity index (χ3n) is 4.53. The summed E-state index contributed by atoms with van der Waals surface area (Å²) in [6.07, 6.45) is 2.75. The Kier molecular flexibility index (Phi) is 7.07. The van der Waals surface area contributed by atoms with Crippen molar-refractivity contribution in [2.45, 2.75) is 37.2 Å². The quantitative estimate of drug-likeness (QED) is 0.682. The number of carbonyl (C=O) groups excluding carboxylic acids is 1. The van der Waals surface area contributed by atoms with Gasteiger partial charge < -0.3 is 5.32 Å². The molecule has 158 valence electrons. The molecule has 0 saturated heterocycles. The van der Waals surface area contributed by atoms with Crippen molar-refractivity contribution in [3.05, 3.63) is 60.2 Å². The number of nitrogens with one attached hydrogen (secondary N) is 1. The number of hydrogen-bond acceptors (Lipinski definition) is 5. The van der Waals surface area contributed by atoms with Crippen molar-refractivity contribution in [2.24, 2.45) is 0 Å².